The van der Waals surface area contributed by atoms with Crippen LogP contribution in [-0.2, 0) is 20.9 Å². The second kappa shape index (κ2) is 9.27. The molecule has 0 bridgehead atoms. The Labute approximate surface area is 142 Å². The summed E-state index contributed by atoms with van der Waals surface area (Å²) < 4.78 is 10.1. The van der Waals surface area contributed by atoms with Crippen LogP contribution in [0.2, 0.25) is 0 Å². The summed E-state index contributed by atoms with van der Waals surface area (Å²) in [5.74, 6) is -0.389. The molecule has 2 N–H and O–H groups in total. The molecule has 0 radical (unpaired) electrons. The second-order valence-electron chi connectivity index (χ2n) is 6.02. The molecule has 1 aliphatic carbocycles. The fourth-order valence-electron chi connectivity index (χ4n) is 3.09. The number of nitrogens with one attached hydrogen (secondary N) is 1. The van der Waals surface area contributed by atoms with Crippen LogP contribution < -0.4 is 5.32 Å². The van der Waals surface area contributed by atoms with E-state index in [0.717, 1.165) is 12.0 Å². The number of amides is 1. The van der Waals surface area contributed by atoms with Crippen molar-refractivity contribution in [2.45, 2.75) is 38.9 Å². The zero-order valence-corrected chi connectivity index (χ0v) is 13.9. The van der Waals surface area contributed by atoms with Crippen LogP contribution in [0.4, 0.5) is 4.79 Å². The van der Waals surface area contributed by atoms with Crippen molar-refractivity contribution in [1.82, 2.24) is 5.32 Å². The van der Waals surface area contributed by atoms with Crippen LogP contribution in [0.3, 0.4) is 0 Å². The van der Waals surface area contributed by atoms with Gasteiger partial charge in [-0.25, -0.2) is 4.79 Å². The molecule has 0 heterocycles. The highest BCUT2D eigenvalue weighted by atomic mass is 16.5. The van der Waals surface area contributed by atoms with Crippen LogP contribution in [0.1, 0.15) is 31.7 Å². The third kappa shape index (κ3) is 5.53. The van der Waals surface area contributed by atoms with E-state index in [1.807, 2.05) is 30.3 Å². The topological polar surface area (TPSA) is 84.9 Å². The van der Waals surface area contributed by atoms with E-state index in [1.54, 1.807) is 6.92 Å². The van der Waals surface area contributed by atoms with Crippen molar-refractivity contribution in [3.05, 3.63) is 35.9 Å². The average Bonchev–Trinajstić information content (AvgIpc) is 2.92. The number of ether oxygens (including phenoxy) is 2. The molecule has 0 aliphatic heterocycles. The average molecular weight is 335 g/mol. The van der Waals surface area contributed by atoms with Gasteiger partial charge in [0.1, 0.15) is 6.61 Å². The Hall–Kier alpha value is -2.08. The molecule has 1 saturated carbocycles. The smallest absolute Gasteiger partial charge is 0.407 e. The molecule has 1 unspecified atom stereocenters. The molecule has 1 aromatic carbocycles. The normalized spacial score (nSPS) is 22.8. The quantitative estimate of drug-likeness (QED) is 0.747. The van der Waals surface area contributed by atoms with Crippen molar-refractivity contribution in [2.24, 2.45) is 11.8 Å². The van der Waals surface area contributed by atoms with E-state index in [9.17, 15) is 14.7 Å². The van der Waals surface area contributed by atoms with E-state index in [0.29, 0.717) is 19.6 Å². The molecule has 1 amide bonds. The summed E-state index contributed by atoms with van der Waals surface area (Å²) in [5.41, 5.74) is 0.911. The third-order valence-corrected chi connectivity index (χ3v) is 4.36. The first-order chi connectivity index (χ1) is 11.6. The number of carbonyl (C=O) groups excluding carboxylic acids is 2. The largest absolute Gasteiger partial charge is 0.466 e. The van der Waals surface area contributed by atoms with Gasteiger partial charge in [-0.1, -0.05) is 30.3 Å². The fraction of sp³-hybridized carbons (Fsp3) is 0.556. The summed E-state index contributed by atoms with van der Waals surface area (Å²) in [6.07, 6.45) is 0.628. The highest BCUT2D eigenvalue weighted by Crippen LogP contribution is 2.34. The molecule has 132 valence electrons. The Morgan fingerprint density at radius 3 is 2.67 bits per heavy atom. The van der Waals surface area contributed by atoms with Gasteiger partial charge in [0.05, 0.1) is 12.7 Å². The lowest BCUT2D eigenvalue weighted by Gasteiger charge is -2.21. The highest BCUT2D eigenvalue weighted by molar-refractivity contribution is 5.70. The van der Waals surface area contributed by atoms with Gasteiger partial charge in [0, 0.05) is 18.9 Å². The van der Waals surface area contributed by atoms with Gasteiger partial charge in [-0.3, -0.25) is 4.79 Å². The maximum Gasteiger partial charge on any atom is 0.407 e. The summed E-state index contributed by atoms with van der Waals surface area (Å²) in [6.45, 7) is 2.61. The van der Waals surface area contributed by atoms with E-state index in [4.69, 9.17) is 9.47 Å². The fourth-order valence-corrected chi connectivity index (χ4v) is 3.09. The number of aliphatic hydroxyl groups excluding tert-OH is 1. The van der Waals surface area contributed by atoms with E-state index >= 15 is 0 Å². The standard InChI is InChI=1S/C18H25NO5/c1-2-23-17(21)10-14-8-9-16(20)15(14)11-19-18(22)24-12-13-6-4-3-5-7-13/h3-7,14-16,20H,2,8-12H2,1H3,(H,19,22)/t14-,15+,16?/m1/s1. The number of aliphatic hydroxyl groups is 1. The monoisotopic (exact) mass is 335 g/mol. The summed E-state index contributed by atoms with van der Waals surface area (Å²) >= 11 is 0. The predicted octanol–water partition coefficient (Wildman–Crippen LogP) is 2.25. The van der Waals surface area contributed by atoms with Gasteiger partial charge in [-0.2, -0.15) is 0 Å². The SMILES string of the molecule is CCOC(=O)C[C@H]1CCC(O)[C@H]1CNC(=O)OCc1ccccc1. The molecule has 24 heavy (non-hydrogen) atoms. The Balaban J connectivity index is 1.76. The van der Waals surface area contributed by atoms with Gasteiger partial charge in [0.25, 0.3) is 0 Å². The number of rotatable bonds is 7. The van der Waals surface area contributed by atoms with Crippen LogP contribution in [0.5, 0.6) is 0 Å². The van der Waals surface area contributed by atoms with Gasteiger partial charge >= 0.3 is 12.1 Å². The number of hydrogen-bond acceptors (Lipinski definition) is 5. The van der Waals surface area contributed by atoms with Crippen LogP contribution in [0.15, 0.2) is 30.3 Å². The van der Waals surface area contributed by atoms with Crippen molar-refractivity contribution in [1.29, 1.82) is 0 Å². The minimum atomic E-state index is -0.521. The van der Waals surface area contributed by atoms with Crippen LogP contribution >= 0.6 is 0 Å². The molecular formula is C18H25NO5. The van der Waals surface area contributed by atoms with Crippen LogP contribution in [0.25, 0.3) is 0 Å². The number of alkyl carbamates (subject to hydrolysis) is 1. The second-order valence-corrected chi connectivity index (χ2v) is 6.02. The number of esters is 1. The lowest BCUT2D eigenvalue weighted by atomic mass is 9.92. The molecule has 2 rings (SSSR count). The van der Waals surface area contributed by atoms with E-state index in [2.05, 4.69) is 5.32 Å². The molecule has 1 aromatic rings. The number of hydrogen-bond donors (Lipinski definition) is 2. The Bertz CT molecular complexity index is 533. The molecule has 0 saturated heterocycles. The van der Waals surface area contributed by atoms with Gasteiger partial charge < -0.3 is 19.9 Å². The van der Waals surface area contributed by atoms with E-state index in [1.165, 1.54) is 0 Å². The minimum Gasteiger partial charge on any atom is -0.466 e. The summed E-state index contributed by atoms with van der Waals surface area (Å²) in [6, 6.07) is 9.42. The van der Waals surface area contributed by atoms with Crippen molar-refractivity contribution < 1.29 is 24.2 Å². The molecule has 0 spiro atoms. The lowest BCUT2D eigenvalue weighted by Crippen LogP contribution is -2.36. The maximum absolute atomic E-state index is 11.8. The summed E-state index contributed by atoms with van der Waals surface area (Å²) in [4.78, 5) is 23.4. The molecule has 6 nitrogen and oxygen atoms in total. The Morgan fingerprint density at radius 2 is 1.96 bits per heavy atom. The molecule has 1 aliphatic rings. The van der Waals surface area contributed by atoms with Gasteiger partial charge in [0.2, 0.25) is 0 Å². The maximum atomic E-state index is 11.8. The highest BCUT2D eigenvalue weighted by Gasteiger charge is 2.36. The van der Waals surface area contributed by atoms with Crippen molar-refractivity contribution in [2.75, 3.05) is 13.2 Å². The van der Waals surface area contributed by atoms with Crippen LogP contribution in [-0.4, -0.2) is 36.4 Å². The zero-order valence-electron chi connectivity index (χ0n) is 13.9. The molecule has 3 atom stereocenters. The molecule has 1 fully saturated rings. The lowest BCUT2D eigenvalue weighted by molar-refractivity contribution is -0.144. The third-order valence-electron chi connectivity index (χ3n) is 4.36. The first-order valence-corrected chi connectivity index (χ1v) is 8.38. The first kappa shape index (κ1) is 18.3. The van der Waals surface area contributed by atoms with Crippen molar-refractivity contribution >= 4 is 12.1 Å². The first-order valence-electron chi connectivity index (χ1n) is 8.38. The van der Waals surface area contributed by atoms with E-state index in [-0.39, 0.29) is 30.8 Å². The van der Waals surface area contributed by atoms with Gasteiger partial charge in [-0.15, -0.1) is 0 Å². The van der Waals surface area contributed by atoms with Crippen molar-refractivity contribution in [3.8, 4) is 0 Å². The van der Waals surface area contributed by atoms with Crippen LogP contribution in [0, 0.1) is 11.8 Å². The molecule has 6 heteroatoms. The summed E-state index contributed by atoms with van der Waals surface area (Å²) in [5, 5.41) is 12.8. The van der Waals surface area contributed by atoms with Gasteiger partial charge in [0.15, 0.2) is 0 Å². The van der Waals surface area contributed by atoms with Crippen molar-refractivity contribution in [3.63, 3.8) is 0 Å². The molecular weight excluding hydrogens is 310 g/mol. The number of benzene rings is 1. The molecule has 0 aromatic heterocycles. The predicted molar refractivity (Wildman–Crippen MR) is 88.1 cm³/mol. The van der Waals surface area contributed by atoms with E-state index < -0.39 is 12.2 Å². The Morgan fingerprint density at radius 1 is 1.21 bits per heavy atom. The Kier molecular flexibility index (Phi) is 7.06. The summed E-state index contributed by atoms with van der Waals surface area (Å²) in [7, 11) is 0. The number of carbonyl (C=O) groups is 2. The van der Waals surface area contributed by atoms with Gasteiger partial charge in [-0.05, 0) is 31.2 Å². The minimum absolute atomic E-state index is 0.0217. The zero-order chi connectivity index (χ0) is 17.4.